The number of halogens is 1. The molecule has 1 aliphatic rings. The molecule has 0 radical (unpaired) electrons. The van der Waals surface area contributed by atoms with Gasteiger partial charge in [0.15, 0.2) is 0 Å². The lowest BCUT2D eigenvalue weighted by Crippen LogP contribution is -2.51. The highest BCUT2D eigenvalue weighted by molar-refractivity contribution is 6.34. The summed E-state index contributed by atoms with van der Waals surface area (Å²) in [5.41, 5.74) is 6.36. The summed E-state index contributed by atoms with van der Waals surface area (Å²) >= 11 is 6.20. The highest BCUT2D eigenvalue weighted by Crippen LogP contribution is 2.30. The Balaban J connectivity index is 2.12. The molecule has 0 aliphatic heterocycles. The molecule has 1 aromatic carbocycles. The van der Waals surface area contributed by atoms with Crippen LogP contribution in [0.5, 0.6) is 0 Å². The minimum atomic E-state index is -0.341. The third-order valence-corrected chi connectivity index (χ3v) is 4.85. The quantitative estimate of drug-likeness (QED) is 0.743. The summed E-state index contributed by atoms with van der Waals surface area (Å²) in [4.78, 5) is 24.8. The Bertz CT molecular complexity index is 647. The van der Waals surface area contributed by atoms with Crippen LogP contribution in [0.15, 0.2) is 18.2 Å². The van der Waals surface area contributed by atoms with Gasteiger partial charge in [-0.1, -0.05) is 45.2 Å². The summed E-state index contributed by atoms with van der Waals surface area (Å²) in [7, 11) is 0. The maximum atomic E-state index is 12.7. The van der Waals surface area contributed by atoms with Gasteiger partial charge < -0.3 is 16.4 Å². The summed E-state index contributed by atoms with van der Waals surface area (Å²) in [6.45, 7) is 6.42. The van der Waals surface area contributed by atoms with Gasteiger partial charge in [0.2, 0.25) is 5.91 Å². The number of anilines is 1. The van der Waals surface area contributed by atoms with Crippen LogP contribution in [0.2, 0.25) is 5.02 Å². The van der Waals surface area contributed by atoms with Gasteiger partial charge in [-0.2, -0.15) is 0 Å². The number of carbonyl (C=O) groups is 2. The number of carbonyl (C=O) groups excluding carboxylic acids is 2. The molecule has 1 fully saturated rings. The molecule has 2 rings (SSSR count). The summed E-state index contributed by atoms with van der Waals surface area (Å²) in [5.74, 6) is -0.334. The van der Waals surface area contributed by atoms with E-state index in [4.69, 9.17) is 17.3 Å². The van der Waals surface area contributed by atoms with E-state index in [0.717, 1.165) is 25.7 Å². The molecule has 138 valence electrons. The zero-order valence-corrected chi connectivity index (χ0v) is 16.0. The van der Waals surface area contributed by atoms with Gasteiger partial charge in [-0.3, -0.25) is 9.59 Å². The zero-order chi connectivity index (χ0) is 18.7. The lowest BCUT2D eigenvalue weighted by molar-refractivity contribution is -0.117. The first-order chi connectivity index (χ1) is 11.6. The fourth-order valence-corrected chi connectivity index (χ4v) is 3.41. The number of hydrogen-bond donors (Lipinski definition) is 3. The Morgan fingerprint density at radius 3 is 2.44 bits per heavy atom. The predicted octanol–water partition coefficient (Wildman–Crippen LogP) is 3.72. The van der Waals surface area contributed by atoms with E-state index in [1.165, 1.54) is 0 Å². The molecule has 0 bridgehead atoms. The SMILES string of the molecule is CC(C)(C)CC(=O)Nc1ccc(Cl)c(C(=O)NC2(CN)CCCC2)c1. The molecule has 5 nitrogen and oxygen atoms in total. The van der Waals surface area contributed by atoms with E-state index in [0.29, 0.717) is 29.2 Å². The van der Waals surface area contributed by atoms with E-state index >= 15 is 0 Å². The molecule has 0 aromatic heterocycles. The van der Waals surface area contributed by atoms with Crippen molar-refractivity contribution in [2.75, 3.05) is 11.9 Å². The van der Waals surface area contributed by atoms with Crippen molar-refractivity contribution in [3.05, 3.63) is 28.8 Å². The van der Waals surface area contributed by atoms with Gasteiger partial charge in [-0.05, 0) is 36.5 Å². The molecule has 1 aromatic rings. The van der Waals surface area contributed by atoms with Crippen LogP contribution in [0.1, 0.15) is 63.2 Å². The first-order valence-corrected chi connectivity index (χ1v) is 9.14. The van der Waals surface area contributed by atoms with Crippen LogP contribution < -0.4 is 16.4 Å². The van der Waals surface area contributed by atoms with Gasteiger partial charge in [0.25, 0.3) is 5.91 Å². The molecule has 0 unspecified atom stereocenters. The summed E-state index contributed by atoms with van der Waals surface area (Å²) < 4.78 is 0. The Hall–Kier alpha value is -1.59. The van der Waals surface area contributed by atoms with E-state index in [1.54, 1.807) is 18.2 Å². The predicted molar refractivity (Wildman–Crippen MR) is 102 cm³/mol. The van der Waals surface area contributed by atoms with Crippen molar-refractivity contribution in [1.82, 2.24) is 5.32 Å². The normalized spacial score (nSPS) is 16.5. The molecule has 0 spiro atoms. The van der Waals surface area contributed by atoms with Crippen LogP contribution in [0.3, 0.4) is 0 Å². The highest BCUT2D eigenvalue weighted by Gasteiger charge is 2.34. The summed E-state index contributed by atoms with van der Waals surface area (Å²) in [6.07, 6.45) is 4.29. The van der Waals surface area contributed by atoms with Crippen LogP contribution in [0.4, 0.5) is 5.69 Å². The average Bonchev–Trinajstić information content (AvgIpc) is 2.96. The summed E-state index contributed by atoms with van der Waals surface area (Å²) in [6, 6.07) is 4.96. The maximum absolute atomic E-state index is 12.7. The van der Waals surface area contributed by atoms with Crippen molar-refractivity contribution < 1.29 is 9.59 Å². The Kier molecular flexibility index (Phi) is 6.12. The lowest BCUT2D eigenvalue weighted by atomic mass is 9.92. The first kappa shape index (κ1) is 19.7. The number of nitrogens with two attached hydrogens (primary N) is 1. The van der Waals surface area contributed by atoms with E-state index in [1.807, 2.05) is 20.8 Å². The lowest BCUT2D eigenvalue weighted by Gasteiger charge is -2.29. The number of nitrogens with one attached hydrogen (secondary N) is 2. The average molecular weight is 366 g/mol. The molecule has 2 amide bonds. The van der Waals surface area contributed by atoms with Gasteiger partial charge in [-0.15, -0.1) is 0 Å². The molecule has 6 heteroatoms. The van der Waals surface area contributed by atoms with Crippen LogP contribution in [0.25, 0.3) is 0 Å². The number of amides is 2. The van der Waals surface area contributed by atoms with E-state index in [9.17, 15) is 9.59 Å². The Morgan fingerprint density at radius 2 is 1.88 bits per heavy atom. The van der Waals surface area contributed by atoms with E-state index in [2.05, 4.69) is 10.6 Å². The molecule has 4 N–H and O–H groups in total. The minimum Gasteiger partial charge on any atom is -0.345 e. The van der Waals surface area contributed by atoms with E-state index in [-0.39, 0.29) is 22.8 Å². The molecule has 0 saturated heterocycles. The van der Waals surface area contributed by atoms with Crippen molar-refractivity contribution >= 4 is 29.1 Å². The maximum Gasteiger partial charge on any atom is 0.253 e. The fourth-order valence-electron chi connectivity index (χ4n) is 3.20. The smallest absolute Gasteiger partial charge is 0.253 e. The third-order valence-electron chi connectivity index (χ3n) is 4.52. The molecule has 1 saturated carbocycles. The van der Waals surface area contributed by atoms with Crippen molar-refractivity contribution in [2.24, 2.45) is 11.1 Å². The van der Waals surface area contributed by atoms with Crippen LogP contribution in [0, 0.1) is 5.41 Å². The largest absolute Gasteiger partial charge is 0.345 e. The van der Waals surface area contributed by atoms with Crippen molar-refractivity contribution in [1.29, 1.82) is 0 Å². The molecular formula is C19H28ClN3O2. The second kappa shape index (κ2) is 7.75. The van der Waals surface area contributed by atoms with E-state index < -0.39 is 0 Å². The van der Waals surface area contributed by atoms with Crippen molar-refractivity contribution in [3.8, 4) is 0 Å². The first-order valence-electron chi connectivity index (χ1n) is 8.76. The fraction of sp³-hybridized carbons (Fsp3) is 0.579. The molecule has 25 heavy (non-hydrogen) atoms. The Labute approximate surface area is 154 Å². The van der Waals surface area contributed by atoms with Crippen LogP contribution >= 0.6 is 11.6 Å². The standard InChI is InChI=1S/C19H28ClN3O2/c1-18(2,3)11-16(24)22-13-6-7-15(20)14(10-13)17(25)23-19(12-21)8-4-5-9-19/h6-7,10H,4-5,8-9,11-12,21H2,1-3H3,(H,22,24)(H,23,25). The zero-order valence-electron chi connectivity index (χ0n) is 15.2. The topological polar surface area (TPSA) is 84.2 Å². The van der Waals surface area contributed by atoms with Gasteiger partial charge in [0, 0.05) is 18.7 Å². The van der Waals surface area contributed by atoms with Gasteiger partial charge in [0.05, 0.1) is 16.1 Å². The number of benzene rings is 1. The molecular weight excluding hydrogens is 338 g/mol. The van der Waals surface area contributed by atoms with Crippen molar-refractivity contribution in [3.63, 3.8) is 0 Å². The second-order valence-corrected chi connectivity index (χ2v) is 8.53. The molecule has 1 aliphatic carbocycles. The highest BCUT2D eigenvalue weighted by atomic mass is 35.5. The van der Waals surface area contributed by atoms with Crippen molar-refractivity contribution in [2.45, 2.75) is 58.4 Å². The van der Waals surface area contributed by atoms with Crippen LogP contribution in [-0.4, -0.2) is 23.9 Å². The van der Waals surface area contributed by atoms with Gasteiger partial charge in [-0.25, -0.2) is 0 Å². The Morgan fingerprint density at radius 1 is 1.24 bits per heavy atom. The molecule has 0 heterocycles. The number of rotatable bonds is 5. The summed E-state index contributed by atoms with van der Waals surface area (Å²) in [5, 5.41) is 6.25. The second-order valence-electron chi connectivity index (χ2n) is 8.13. The van der Waals surface area contributed by atoms with Gasteiger partial charge in [0.1, 0.15) is 0 Å². The molecule has 0 atom stereocenters. The third kappa shape index (κ3) is 5.44. The number of hydrogen-bond acceptors (Lipinski definition) is 3. The monoisotopic (exact) mass is 365 g/mol. The van der Waals surface area contributed by atoms with Crippen LogP contribution in [-0.2, 0) is 4.79 Å². The minimum absolute atomic E-state index is 0.0876. The van der Waals surface area contributed by atoms with Gasteiger partial charge >= 0.3 is 0 Å².